The molecule has 0 atom stereocenters. The van der Waals surface area contributed by atoms with Gasteiger partial charge in [-0.1, -0.05) is 41.7 Å². The molecule has 0 spiro atoms. The first-order chi connectivity index (χ1) is 17.2. The summed E-state index contributed by atoms with van der Waals surface area (Å²) in [5, 5.41) is 13.7. The van der Waals surface area contributed by atoms with Crippen LogP contribution in [-0.2, 0) is 11.2 Å². The number of nitrogens with zero attached hydrogens (tertiary/aromatic N) is 5. The quantitative estimate of drug-likeness (QED) is 0.457. The number of hydrogen-bond donors (Lipinski definition) is 1. The largest absolute Gasteiger partial charge is 0.356 e. The fourth-order valence-electron chi connectivity index (χ4n) is 5.26. The van der Waals surface area contributed by atoms with Crippen LogP contribution in [0, 0.1) is 11.8 Å². The van der Waals surface area contributed by atoms with E-state index in [0.717, 1.165) is 61.6 Å². The van der Waals surface area contributed by atoms with Gasteiger partial charge in [-0.3, -0.25) is 9.36 Å². The Labute approximate surface area is 212 Å². The Morgan fingerprint density at radius 1 is 0.914 bits per heavy atom. The summed E-state index contributed by atoms with van der Waals surface area (Å²) in [6.07, 6.45) is 10.5. The summed E-state index contributed by atoms with van der Waals surface area (Å²) in [5.74, 6) is 1.13. The lowest BCUT2D eigenvalue weighted by molar-refractivity contribution is -0.125. The molecule has 4 heterocycles. The first-order valence-corrected chi connectivity index (χ1v) is 13.8. The molecule has 1 amide bonds. The summed E-state index contributed by atoms with van der Waals surface area (Å²) in [6.45, 7) is 5.94. The van der Waals surface area contributed by atoms with Crippen molar-refractivity contribution in [3.8, 4) is 5.13 Å². The molecule has 0 radical (unpaired) electrons. The van der Waals surface area contributed by atoms with Crippen molar-refractivity contribution in [2.45, 2.75) is 38.5 Å². The molecule has 2 aromatic heterocycles. The lowest BCUT2D eigenvalue weighted by atomic mass is 9.90. The Morgan fingerprint density at radius 2 is 1.63 bits per heavy atom. The maximum atomic E-state index is 12.7. The summed E-state index contributed by atoms with van der Waals surface area (Å²) >= 11 is 1.60. The second-order valence-electron chi connectivity index (χ2n) is 9.84. The van der Waals surface area contributed by atoms with E-state index in [2.05, 4.69) is 55.6 Å². The van der Waals surface area contributed by atoms with Crippen LogP contribution < -0.4 is 10.2 Å². The van der Waals surface area contributed by atoms with Crippen molar-refractivity contribution in [3.63, 3.8) is 0 Å². The number of nitrogens with one attached hydrogen (secondary N) is 1. The minimum Gasteiger partial charge on any atom is -0.356 e. The predicted octanol–water partition coefficient (Wildman–Crippen LogP) is 4.01. The summed E-state index contributed by atoms with van der Waals surface area (Å²) in [4.78, 5) is 17.5. The van der Waals surface area contributed by atoms with Crippen molar-refractivity contribution >= 4 is 22.4 Å². The molecule has 0 saturated carbocycles. The highest BCUT2D eigenvalue weighted by molar-refractivity contribution is 7.17. The van der Waals surface area contributed by atoms with Crippen molar-refractivity contribution < 1.29 is 4.79 Å². The van der Waals surface area contributed by atoms with Gasteiger partial charge in [-0.15, -0.1) is 10.2 Å². The number of aromatic nitrogens is 3. The molecule has 5 rings (SSSR count). The molecular weight excluding hydrogens is 456 g/mol. The van der Waals surface area contributed by atoms with E-state index in [0.29, 0.717) is 0 Å². The highest BCUT2D eigenvalue weighted by Gasteiger charge is 2.26. The normalized spacial score (nSPS) is 18.1. The average Bonchev–Trinajstić information content (AvgIpc) is 3.61. The van der Waals surface area contributed by atoms with Crippen LogP contribution in [0.4, 0.5) is 5.13 Å². The molecule has 186 valence electrons. The number of anilines is 1. The molecule has 0 unspecified atom stereocenters. The second kappa shape index (κ2) is 11.8. The fraction of sp³-hybridized carbons (Fsp3) is 0.519. The van der Waals surface area contributed by atoms with E-state index in [9.17, 15) is 4.79 Å². The van der Waals surface area contributed by atoms with Crippen LogP contribution in [-0.4, -0.2) is 64.8 Å². The molecule has 0 bridgehead atoms. The predicted molar refractivity (Wildman–Crippen MR) is 141 cm³/mol. The van der Waals surface area contributed by atoms with Gasteiger partial charge in [-0.25, -0.2) is 0 Å². The number of benzene rings is 1. The van der Waals surface area contributed by atoms with Gasteiger partial charge in [0, 0.05) is 37.9 Å². The summed E-state index contributed by atoms with van der Waals surface area (Å²) < 4.78 is 1.98. The minimum atomic E-state index is 0.108. The fourth-order valence-corrected chi connectivity index (χ4v) is 6.12. The van der Waals surface area contributed by atoms with Gasteiger partial charge in [0.1, 0.15) is 0 Å². The lowest BCUT2D eigenvalue weighted by Crippen LogP contribution is -2.41. The van der Waals surface area contributed by atoms with Crippen LogP contribution in [0.25, 0.3) is 5.13 Å². The average molecular weight is 493 g/mol. The van der Waals surface area contributed by atoms with Crippen molar-refractivity contribution in [1.82, 2.24) is 25.0 Å². The van der Waals surface area contributed by atoms with Gasteiger partial charge in [-0.2, -0.15) is 0 Å². The van der Waals surface area contributed by atoms with Gasteiger partial charge in [0.05, 0.1) is 0 Å². The van der Waals surface area contributed by atoms with Crippen molar-refractivity contribution in [1.29, 1.82) is 0 Å². The number of likely N-dealkylation sites (tertiary alicyclic amines) is 1. The molecule has 3 aromatic rings. The third-order valence-corrected chi connectivity index (χ3v) is 8.39. The summed E-state index contributed by atoms with van der Waals surface area (Å²) in [5.41, 5.74) is 1.46. The SMILES string of the molecule is O=C(NCCCN1CCC(Cc2ccccc2)CC1)C1CCN(c2nnc(-n3cccc3)s2)CC1. The third kappa shape index (κ3) is 6.49. The highest BCUT2D eigenvalue weighted by Crippen LogP contribution is 2.28. The third-order valence-electron chi connectivity index (χ3n) is 7.39. The van der Waals surface area contributed by atoms with E-state index in [-0.39, 0.29) is 11.8 Å². The lowest BCUT2D eigenvalue weighted by Gasteiger charge is -2.32. The topological polar surface area (TPSA) is 66.3 Å². The molecule has 0 aliphatic carbocycles. The number of piperidine rings is 2. The molecule has 1 aromatic carbocycles. The van der Waals surface area contributed by atoms with Crippen molar-refractivity contribution in [2.24, 2.45) is 11.8 Å². The van der Waals surface area contributed by atoms with E-state index >= 15 is 0 Å². The molecule has 2 fully saturated rings. The van der Waals surface area contributed by atoms with Crippen molar-refractivity contribution in [3.05, 3.63) is 60.4 Å². The van der Waals surface area contributed by atoms with E-state index in [1.165, 1.54) is 37.9 Å². The Kier molecular flexibility index (Phi) is 8.10. The van der Waals surface area contributed by atoms with E-state index in [1.807, 2.05) is 29.1 Å². The number of rotatable bonds is 9. The van der Waals surface area contributed by atoms with E-state index < -0.39 is 0 Å². The Hall–Kier alpha value is -2.71. The van der Waals surface area contributed by atoms with Crippen LogP contribution >= 0.6 is 11.3 Å². The molecule has 1 N–H and O–H groups in total. The van der Waals surface area contributed by atoms with Gasteiger partial charge in [0.25, 0.3) is 0 Å². The van der Waals surface area contributed by atoms with Gasteiger partial charge in [0.2, 0.25) is 16.2 Å². The first kappa shape index (κ1) is 24.0. The number of carbonyl (C=O) groups excluding carboxylic acids is 1. The van der Waals surface area contributed by atoms with Crippen LogP contribution in [0.3, 0.4) is 0 Å². The molecule has 2 aliphatic rings. The second-order valence-corrected chi connectivity index (χ2v) is 10.8. The Bertz CT molecular complexity index is 1040. The summed E-state index contributed by atoms with van der Waals surface area (Å²) in [7, 11) is 0. The van der Waals surface area contributed by atoms with Gasteiger partial charge >= 0.3 is 0 Å². The van der Waals surface area contributed by atoms with Crippen LogP contribution in [0.1, 0.15) is 37.7 Å². The summed E-state index contributed by atoms with van der Waals surface area (Å²) in [6, 6.07) is 14.8. The van der Waals surface area contributed by atoms with Crippen LogP contribution in [0.5, 0.6) is 0 Å². The van der Waals surface area contributed by atoms with Gasteiger partial charge in [-0.05, 0) is 81.8 Å². The van der Waals surface area contributed by atoms with E-state index in [4.69, 9.17) is 0 Å². The molecule has 2 saturated heterocycles. The number of hydrogen-bond acceptors (Lipinski definition) is 6. The number of carbonyl (C=O) groups is 1. The molecule has 8 heteroatoms. The molecule has 7 nitrogen and oxygen atoms in total. The zero-order chi connectivity index (χ0) is 23.9. The molecule has 35 heavy (non-hydrogen) atoms. The van der Waals surface area contributed by atoms with Gasteiger partial charge < -0.3 is 15.1 Å². The highest BCUT2D eigenvalue weighted by atomic mass is 32.1. The van der Waals surface area contributed by atoms with Crippen molar-refractivity contribution in [2.75, 3.05) is 44.2 Å². The van der Waals surface area contributed by atoms with Gasteiger partial charge in [0.15, 0.2) is 0 Å². The zero-order valence-corrected chi connectivity index (χ0v) is 21.2. The Balaban J connectivity index is 0.957. The molecule has 2 aliphatic heterocycles. The first-order valence-electron chi connectivity index (χ1n) is 13.0. The monoisotopic (exact) mass is 492 g/mol. The zero-order valence-electron chi connectivity index (χ0n) is 20.4. The Morgan fingerprint density at radius 3 is 2.37 bits per heavy atom. The maximum absolute atomic E-state index is 12.7. The van der Waals surface area contributed by atoms with E-state index in [1.54, 1.807) is 11.3 Å². The van der Waals surface area contributed by atoms with Crippen LogP contribution in [0.2, 0.25) is 0 Å². The smallest absolute Gasteiger partial charge is 0.223 e. The standard InChI is InChI=1S/C27H36N6OS/c34-25(24-11-19-33(20-12-24)27-30-29-26(35-27)32-15-4-5-16-32)28-13-6-14-31-17-9-23(10-18-31)21-22-7-2-1-3-8-22/h1-5,7-8,15-16,23-24H,6,9-14,17-21H2,(H,28,34). The number of amides is 1. The minimum absolute atomic E-state index is 0.108. The maximum Gasteiger partial charge on any atom is 0.223 e. The molecular formula is C27H36N6OS. The van der Waals surface area contributed by atoms with Crippen LogP contribution in [0.15, 0.2) is 54.9 Å².